The van der Waals surface area contributed by atoms with Crippen LogP contribution in [0.25, 0.3) is 0 Å². The first-order valence-corrected chi connectivity index (χ1v) is 10.3. The van der Waals surface area contributed by atoms with Crippen LogP contribution >= 0.6 is 27.5 Å². The number of methoxy groups -OCH3 is 2. The van der Waals surface area contributed by atoms with E-state index in [1.165, 1.54) is 5.56 Å². The van der Waals surface area contributed by atoms with E-state index in [9.17, 15) is 0 Å². The van der Waals surface area contributed by atoms with Crippen molar-refractivity contribution < 1.29 is 14.2 Å². The number of rotatable bonds is 9. The standard InChI is InChI=1S/C23H23BrClNO3/c1-27-20-9-5-16(6-10-20)13-26-14-18-11-21(24)23(22(12-18)28-2)29-15-17-3-7-19(25)8-4-17/h3-12,26H,13-15H2,1-2H3. The van der Waals surface area contributed by atoms with E-state index >= 15 is 0 Å². The number of ether oxygens (including phenoxy) is 3. The first kappa shape index (κ1) is 21.5. The summed E-state index contributed by atoms with van der Waals surface area (Å²) in [5.41, 5.74) is 3.33. The molecule has 4 nitrogen and oxygen atoms in total. The molecule has 3 aromatic carbocycles. The lowest BCUT2D eigenvalue weighted by atomic mass is 10.1. The van der Waals surface area contributed by atoms with Gasteiger partial charge in [0.15, 0.2) is 11.5 Å². The molecule has 0 heterocycles. The van der Waals surface area contributed by atoms with Crippen LogP contribution in [0.4, 0.5) is 0 Å². The van der Waals surface area contributed by atoms with Gasteiger partial charge in [-0.2, -0.15) is 0 Å². The summed E-state index contributed by atoms with van der Waals surface area (Å²) in [6.07, 6.45) is 0. The van der Waals surface area contributed by atoms with Gasteiger partial charge in [0.05, 0.1) is 18.7 Å². The summed E-state index contributed by atoms with van der Waals surface area (Å²) in [6.45, 7) is 1.90. The number of hydrogen-bond donors (Lipinski definition) is 1. The molecule has 152 valence electrons. The van der Waals surface area contributed by atoms with Gasteiger partial charge in [0.2, 0.25) is 0 Å². The highest BCUT2D eigenvalue weighted by Gasteiger charge is 2.12. The minimum atomic E-state index is 0.432. The van der Waals surface area contributed by atoms with E-state index < -0.39 is 0 Å². The maximum Gasteiger partial charge on any atom is 0.175 e. The van der Waals surface area contributed by atoms with E-state index in [2.05, 4.69) is 33.4 Å². The lowest BCUT2D eigenvalue weighted by molar-refractivity contribution is 0.282. The zero-order valence-corrected chi connectivity index (χ0v) is 18.7. The topological polar surface area (TPSA) is 39.7 Å². The van der Waals surface area contributed by atoms with Crippen LogP contribution in [0, 0.1) is 0 Å². The molecule has 0 spiro atoms. The Balaban J connectivity index is 1.61. The minimum Gasteiger partial charge on any atom is -0.497 e. The molecule has 0 unspecified atom stereocenters. The first-order valence-electron chi connectivity index (χ1n) is 9.16. The van der Waals surface area contributed by atoms with Crippen molar-refractivity contribution in [1.29, 1.82) is 0 Å². The second-order valence-corrected chi connectivity index (χ2v) is 7.77. The van der Waals surface area contributed by atoms with Crippen LogP contribution in [0.15, 0.2) is 65.1 Å². The summed E-state index contributed by atoms with van der Waals surface area (Å²) < 4.78 is 17.6. The van der Waals surface area contributed by atoms with Crippen LogP contribution in [0.3, 0.4) is 0 Å². The molecule has 0 atom stereocenters. The molecule has 0 aliphatic carbocycles. The molecule has 0 fully saturated rings. The number of halogens is 2. The number of hydrogen-bond acceptors (Lipinski definition) is 4. The molecule has 1 N–H and O–H groups in total. The van der Waals surface area contributed by atoms with Crippen LogP contribution in [0.5, 0.6) is 17.2 Å². The van der Waals surface area contributed by atoms with Crippen molar-refractivity contribution in [2.45, 2.75) is 19.7 Å². The second kappa shape index (κ2) is 10.5. The summed E-state index contributed by atoms with van der Waals surface area (Å²) in [6, 6.07) is 19.7. The third-order valence-electron chi connectivity index (χ3n) is 4.40. The van der Waals surface area contributed by atoms with Gasteiger partial charge in [-0.1, -0.05) is 35.9 Å². The van der Waals surface area contributed by atoms with Gasteiger partial charge in [-0.15, -0.1) is 0 Å². The lowest BCUT2D eigenvalue weighted by Gasteiger charge is -2.15. The average Bonchev–Trinajstić information content (AvgIpc) is 2.74. The Morgan fingerprint density at radius 2 is 1.48 bits per heavy atom. The van der Waals surface area contributed by atoms with E-state index in [1.54, 1.807) is 14.2 Å². The lowest BCUT2D eigenvalue weighted by Crippen LogP contribution is -2.13. The normalized spacial score (nSPS) is 10.6. The highest BCUT2D eigenvalue weighted by atomic mass is 79.9. The van der Waals surface area contributed by atoms with Gasteiger partial charge in [0.1, 0.15) is 12.4 Å². The molecule has 0 bridgehead atoms. The van der Waals surface area contributed by atoms with Crippen LogP contribution in [-0.4, -0.2) is 14.2 Å². The summed E-state index contributed by atoms with van der Waals surface area (Å²) in [7, 11) is 3.31. The Labute approximate surface area is 184 Å². The predicted molar refractivity (Wildman–Crippen MR) is 120 cm³/mol. The van der Waals surface area contributed by atoms with E-state index in [-0.39, 0.29) is 0 Å². The maximum atomic E-state index is 5.99. The number of benzene rings is 3. The third-order valence-corrected chi connectivity index (χ3v) is 5.24. The molecule has 6 heteroatoms. The largest absolute Gasteiger partial charge is 0.497 e. The average molecular weight is 477 g/mol. The molecule has 3 rings (SSSR count). The van der Waals surface area contributed by atoms with Crippen molar-refractivity contribution in [1.82, 2.24) is 5.32 Å². The molecule has 3 aromatic rings. The van der Waals surface area contributed by atoms with Crippen molar-refractivity contribution in [3.05, 3.63) is 86.8 Å². The SMILES string of the molecule is COc1ccc(CNCc2cc(Br)c(OCc3ccc(Cl)cc3)c(OC)c2)cc1. The Morgan fingerprint density at radius 3 is 2.14 bits per heavy atom. The van der Waals surface area contributed by atoms with E-state index in [0.29, 0.717) is 29.7 Å². The van der Waals surface area contributed by atoms with Gasteiger partial charge < -0.3 is 19.5 Å². The maximum absolute atomic E-state index is 5.99. The van der Waals surface area contributed by atoms with Gasteiger partial charge in [0, 0.05) is 18.1 Å². The van der Waals surface area contributed by atoms with Crippen LogP contribution < -0.4 is 19.5 Å². The van der Waals surface area contributed by atoms with Gasteiger partial charge >= 0.3 is 0 Å². The van der Waals surface area contributed by atoms with E-state index in [4.69, 9.17) is 25.8 Å². The Morgan fingerprint density at radius 1 is 0.828 bits per heavy atom. The zero-order valence-electron chi connectivity index (χ0n) is 16.4. The molecule has 0 radical (unpaired) electrons. The zero-order chi connectivity index (χ0) is 20.6. The predicted octanol–water partition coefficient (Wildman–Crippen LogP) is 5.99. The van der Waals surface area contributed by atoms with Crippen LogP contribution in [0.2, 0.25) is 5.02 Å². The van der Waals surface area contributed by atoms with Gasteiger partial charge in [-0.05, 0) is 69.0 Å². The summed E-state index contributed by atoms with van der Waals surface area (Å²) >= 11 is 9.54. The van der Waals surface area contributed by atoms with Gasteiger partial charge in [-0.3, -0.25) is 0 Å². The van der Waals surface area contributed by atoms with Crippen molar-refractivity contribution in [2.75, 3.05) is 14.2 Å². The van der Waals surface area contributed by atoms with E-state index in [1.807, 2.05) is 48.5 Å². The highest BCUT2D eigenvalue weighted by Crippen LogP contribution is 2.37. The first-order chi connectivity index (χ1) is 14.1. The summed E-state index contributed by atoms with van der Waals surface area (Å²) in [5, 5.41) is 4.15. The van der Waals surface area contributed by atoms with Crippen molar-refractivity contribution in [3.8, 4) is 17.2 Å². The molecular formula is C23H23BrClNO3. The van der Waals surface area contributed by atoms with Crippen molar-refractivity contribution >= 4 is 27.5 Å². The fraction of sp³-hybridized carbons (Fsp3) is 0.217. The molecule has 0 amide bonds. The summed E-state index contributed by atoms with van der Waals surface area (Å²) in [4.78, 5) is 0. The highest BCUT2D eigenvalue weighted by molar-refractivity contribution is 9.10. The minimum absolute atomic E-state index is 0.432. The quantitative estimate of drug-likeness (QED) is 0.412. The van der Waals surface area contributed by atoms with Crippen LogP contribution in [0.1, 0.15) is 16.7 Å². The van der Waals surface area contributed by atoms with E-state index in [0.717, 1.165) is 27.9 Å². The van der Waals surface area contributed by atoms with Crippen molar-refractivity contribution in [3.63, 3.8) is 0 Å². The molecule has 0 saturated heterocycles. The molecular weight excluding hydrogens is 454 g/mol. The van der Waals surface area contributed by atoms with Gasteiger partial charge in [0.25, 0.3) is 0 Å². The van der Waals surface area contributed by atoms with Crippen LogP contribution in [-0.2, 0) is 19.7 Å². The Kier molecular flexibility index (Phi) is 7.81. The fourth-order valence-electron chi connectivity index (χ4n) is 2.85. The Bertz CT molecular complexity index is 930. The van der Waals surface area contributed by atoms with Gasteiger partial charge in [-0.25, -0.2) is 0 Å². The smallest absolute Gasteiger partial charge is 0.175 e. The molecule has 0 aliphatic rings. The molecule has 29 heavy (non-hydrogen) atoms. The van der Waals surface area contributed by atoms with Crippen molar-refractivity contribution in [2.24, 2.45) is 0 Å². The summed E-state index contributed by atoms with van der Waals surface area (Å²) in [5.74, 6) is 2.23. The Hall–Kier alpha value is -2.21. The molecule has 0 saturated carbocycles. The number of nitrogens with one attached hydrogen (secondary N) is 1. The second-order valence-electron chi connectivity index (χ2n) is 6.48. The fourth-order valence-corrected chi connectivity index (χ4v) is 3.58. The monoisotopic (exact) mass is 475 g/mol. The molecule has 0 aromatic heterocycles. The third kappa shape index (κ3) is 6.13. The molecule has 0 aliphatic heterocycles.